The highest BCUT2D eigenvalue weighted by atomic mass is 19.1. The second-order valence-corrected chi connectivity index (χ2v) is 3.03. The van der Waals surface area contributed by atoms with Crippen LogP contribution in [0.1, 0.15) is 24.8 Å². The van der Waals surface area contributed by atoms with Gasteiger partial charge < -0.3 is 5.73 Å². The van der Waals surface area contributed by atoms with Crippen LogP contribution in [-0.4, -0.2) is 6.54 Å². The summed E-state index contributed by atoms with van der Waals surface area (Å²) in [7, 11) is 0. The van der Waals surface area contributed by atoms with Crippen molar-refractivity contribution in [2.75, 3.05) is 6.54 Å². The molecule has 0 fully saturated rings. The molecule has 1 rings (SSSR count). The third kappa shape index (κ3) is 2.31. The van der Waals surface area contributed by atoms with E-state index in [4.69, 9.17) is 5.73 Å². The molecule has 0 aliphatic rings. The van der Waals surface area contributed by atoms with Crippen molar-refractivity contribution in [1.29, 1.82) is 0 Å². The maximum atomic E-state index is 12.7. The summed E-state index contributed by atoms with van der Waals surface area (Å²) in [4.78, 5) is 0. The number of halogens is 1. The number of hydrogen-bond acceptors (Lipinski definition) is 1. The Kier molecular flexibility index (Phi) is 3.23. The molecule has 66 valence electrons. The fourth-order valence-electron chi connectivity index (χ4n) is 1.23. The molecule has 0 aliphatic carbocycles. The van der Waals surface area contributed by atoms with E-state index in [2.05, 4.69) is 6.92 Å². The van der Waals surface area contributed by atoms with Crippen LogP contribution in [0.2, 0.25) is 0 Å². The Morgan fingerprint density at radius 1 is 1.50 bits per heavy atom. The minimum atomic E-state index is -0.170. The van der Waals surface area contributed by atoms with Crippen LogP contribution >= 0.6 is 0 Å². The molecule has 0 aliphatic heterocycles. The molecule has 2 N–H and O–H groups in total. The lowest BCUT2D eigenvalue weighted by molar-refractivity contribution is 0.617. The molecule has 12 heavy (non-hydrogen) atoms. The first-order valence-corrected chi connectivity index (χ1v) is 4.19. The van der Waals surface area contributed by atoms with Gasteiger partial charge in [0.1, 0.15) is 5.82 Å². The molecule has 1 nitrogen and oxygen atoms in total. The normalized spacial score (nSPS) is 12.9. The van der Waals surface area contributed by atoms with E-state index < -0.39 is 0 Å². The summed E-state index contributed by atoms with van der Waals surface area (Å²) in [6, 6.07) is 6.69. The average molecular weight is 167 g/mol. The summed E-state index contributed by atoms with van der Waals surface area (Å²) in [5.41, 5.74) is 6.44. The molecule has 0 heterocycles. The van der Waals surface area contributed by atoms with Crippen LogP contribution in [-0.2, 0) is 0 Å². The first kappa shape index (κ1) is 9.20. The molecule has 0 saturated carbocycles. The summed E-state index contributed by atoms with van der Waals surface area (Å²) < 4.78 is 12.7. The molecular formula is C10H14FN. The van der Waals surface area contributed by atoms with E-state index >= 15 is 0 Å². The van der Waals surface area contributed by atoms with Gasteiger partial charge in [-0.2, -0.15) is 0 Å². The first-order chi connectivity index (χ1) is 5.74. The van der Waals surface area contributed by atoms with Crippen molar-refractivity contribution in [2.45, 2.75) is 19.3 Å². The average Bonchev–Trinajstić information content (AvgIpc) is 2.05. The maximum absolute atomic E-state index is 12.7. The predicted octanol–water partition coefficient (Wildman–Crippen LogP) is 2.28. The highest BCUT2D eigenvalue weighted by molar-refractivity contribution is 5.19. The van der Waals surface area contributed by atoms with Gasteiger partial charge in [-0.3, -0.25) is 0 Å². The van der Waals surface area contributed by atoms with Crippen LogP contribution in [0.3, 0.4) is 0 Å². The lowest BCUT2D eigenvalue weighted by Gasteiger charge is -2.09. The van der Waals surface area contributed by atoms with Crippen molar-refractivity contribution in [3.63, 3.8) is 0 Å². The monoisotopic (exact) mass is 167 g/mol. The maximum Gasteiger partial charge on any atom is 0.123 e. The molecule has 0 radical (unpaired) electrons. The van der Waals surface area contributed by atoms with Crippen molar-refractivity contribution < 1.29 is 4.39 Å². The number of hydrogen-bond donors (Lipinski definition) is 1. The van der Waals surface area contributed by atoms with E-state index in [1.165, 1.54) is 6.07 Å². The molecular weight excluding hydrogens is 153 g/mol. The van der Waals surface area contributed by atoms with Gasteiger partial charge in [0.15, 0.2) is 0 Å². The fraction of sp³-hybridized carbons (Fsp3) is 0.400. The lowest BCUT2D eigenvalue weighted by Crippen LogP contribution is -2.04. The first-order valence-electron chi connectivity index (χ1n) is 4.19. The van der Waals surface area contributed by atoms with Crippen LogP contribution in [0.15, 0.2) is 24.3 Å². The van der Waals surface area contributed by atoms with Crippen LogP contribution in [0, 0.1) is 5.82 Å². The third-order valence-corrected chi connectivity index (χ3v) is 2.02. The fourth-order valence-corrected chi connectivity index (χ4v) is 1.23. The van der Waals surface area contributed by atoms with Gasteiger partial charge in [0.25, 0.3) is 0 Å². The molecule has 2 heteroatoms. The molecule has 1 aromatic rings. The largest absolute Gasteiger partial charge is 0.330 e. The van der Waals surface area contributed by atoms with Gasteiger partial charge in [-0.05, 0) is 36.6 Å². The minimum absolute atomic E-state index is 0.170. The highest BCUT2D eigenvalue weighted by Crippen LogP contribution is 2.18. The Bertz CT molecular complexity index is 247. The Morgan fingerprint density at radius 2 is 2.25 bits per heavy atom. The van der Waals surface area contributed by atoms with Crippen LogP contribution < -0.4 is 5.73 Å². The second-order valence-electron chi connectivity index (χ2n) is 3.03. The zero-order valence-corrected chi connectivity index (χ0v) is 7.26. The highest BCUT2D eigenvalue weighted by Gasteiger charge is 2.04. The van der Waals surface area contributed by atoms with Crippen molar-refractivity contribution in [1.82, 2.24) is 0 Å². The molecule has 0 spiro atoms. The van der Waals surface area contributed by atoms with E-state index in [1.54, 1.807) is 12.1 Å². The molecule has 0 saturated heterocycles. The van der Waals surface area contributed by atoms with E-state index in [1.807, 2.05) is 6.07 Å². The zero-order valence-electron chi connectivity index (χ0n) is 7.26. The smallest absolute Gasteiger partial charge is 0.123 e. The Hall–Kier alpha value is -0.890. The van der Waals surface area contributed by atoms with Gasteiger partial charge in [-0.25, -0.2) is 4.39 Å². The third-order valence-electron chi connectivity index (χ3n) is 2.02. The molecule has 1 aromatic carbocycles. The number of benzene rings is 1. The molecule has 0 amide bonds. The number of nitrogens with two attached hydrogens (primary N) is 1. The van der Waals surface area contributed by atoms with Crippen LogP contribution in [0.4, 0.5) is 4.39 Å². The SMILES string of the molecule is CC(CCN)c1cccc(F)c1. The Labute approximate surface area is 72.4 Å². The summed E-state index contributed by atoms with van der Waals surface area (Å²) in [6.45, 7) is 2.71. The summed E-state index contributed by atoms with van der Waals surface area (Å²) in [6.07, 6.45) is 0.906. The molecule has 1 unspecified atom stereocenters. The summed E-state index contributed by atoms with van der Waals surface area (Å²) in [5.74, 6) is 0.182. The van der Waals surface area contributed by atoms with Gasteiger partial charge in [0.05, 0.1) is 0 Å². The van der Waals surface area contributed by atoms with E-state index in [-0.39, 0.29) is 5.82 Å². The van der Waals surface area contributed by atoms with E-state index in [0.717, 1.165) is 12.0 Å². The summed E-state index contributed by atoms with van der Waals surface area (Å²) in [5, 5.41) is 0. The Balaban J connectivity index is 2.73. The quantitative estimate of drug-likeness (QED) is 0.734. The standard InChI is InChI=1S/C10H14FN/c1-8(5-6-12)9-3-2-4-10(11)7-9/h2-4,7-8H,5-6,12H2,1H3. The van der Waals surface area contributed by atoms with Gasteiger partial charge >= 0.3 is 0 Å². The topological polar surface area (TPSA) is 26.0 Å². The lowest BCUT2D eigenvalue weighted by atomic mass is 9.98. The molecule has 1 atom stereocenters. The molecule has 0 aromatic heterocycles. The van der Waals surface area contributed by atoms with E-state index in [0.29, 0.717) is 12.5 Å². The Morgan fingerprint density at radius 3 is 2.83 bits per heavy atom. The van der Waals surface area contributed by atoms with Gasteiger partial charge in [-0.15, -0.1) is 0 Å². The summed E-state index contributed by atoms with van der Waals surface area (Å²) >= 11 is 0. The second kappa shape index (κ2) is 4.21. The van der Waals surface area contributed by atoms with Crippen molar-refractivity contribution >= 4 is 0 Å². The van der Waals surface area contributed by atoms with Gasteiger partial charge in [-0.1, -0.05) is 19.1 Å². The van der Waals surface area contributed by atoms with Crippen molar-refractivity contribution in [3.8, 4) is 0 Å². The number of rotatable bonds is 3. The van der Waals surface area contributed by atoms with Crippen LogP contribution in [0.5, 0.6) is 0 Å². The minimum Gasteiger partial charge on any atom is -0.330 e. The van der Waals surface area contributed by atoms with E-state index in [9.17, 15) is 4.39 Å². The van der Waals surface area contributed by atoms with Gasteiger partial charge in [0.2, 0.25) is 0 Å². The zero-order chi connectivity index (χ0) is 8.97. The van der Waals surface area contributed by atoms with Crippen molar-refractivity contribution in [3.05, 3.63) is 35.6 Å². The predicted molar refractivity (Wildman–Crippen MR) is 48.5 cm³/mol. The van der Waals surface area contributed by atoms with Crippen LogP contribution in [0.25, 0.3) is 0 Å². The van der Waals surface area contributed by atoms with Crippen molar-refractivity contribution in [2.24, 2.45) is 5.73 Å². The van der Waals surface area contributed by atoms with Gasteiger partial charge in [0, 0.05) is 0 Å². The molecule has 0 bridgehead atoms.